The number of allylic oxidation sites excluding steroid dienone is 5. The lowest BCUT2D eigenvalue weighted by atomic mass is 9.77. The lowest BCUT2D eigenvalue weighted by molar-refractivity contribution is 0.575. The molecule has 5 aromatic carbocycles. The SMILES string of the molecule is C1=CC2=C(CC1)c1oc3ccc(-c4cccc(C5=CCCc6ccccc65)c4)cc3c1CC2c1nc(-c2ccccc2)c2ccccc2n1. The molecule has 0 bridgehead atoms. The van der Waals surface area contributed by atoms with Gasteiger partial charge in [0.2, 0.25) is 0 Å². The van der Waals surface area contributed by atoms with Gasteiger partial charge in [0.05, 0.1) is 11.2 Å². The van der Waals surface area contributed by atoms with Gasteiger partial charge in [-0.25, -0.2) is 9.97 Å². The highest BCUT2D eigenvalue weighted by Crippen LogP contribution is 2.48. The number of hydrogen-bond acceptors (Lipinski definition) is 3. The number of rotatable bonds is 4. The molecule has 0 N–H and O–H groups in total. The molecule has 1 atom stereocenters. The Morgan fingerprint density at radius 1 is 0.633 bits per heavy atom. The highest BCUT2D eigenvalue weighted by atomic mass is 16.3. The lowest BCUT2D eigenvalue weighted by Gasteiger charge is -2.28. The van der Waals surface area contributed by atoms with E-state index in [0.29, 0.717) is 0 Å². The maximum absolute atomic E-state index is 6.71. The first-order valence-electron chi connectivity index (χ1n) is 17.5. The van der Waals surface area contributed by atoms with Crippen LogP contribution in [0.2, 0.25) is 0 Å². The summed E-state index contributed by atoms with van der Waals surface area (Å²) >= 11 is 0. The number of aromatic nitrogens is 2. The van der Waals surface area contributed by atoms with Gasteiger partial charge < -0.3 is 4.42 Å². The summed E-state index contributed by atoms with van der Waals surface area (Å²) in [7, 11) is 0. The molecule has 49 heavy (non-hydrogen) atoms. The molecule has 1 unspecified atom stereocenters. The van der Waals surface area contributed by atoms with Crippen molar-refractivity contribution in [3.63, 3.8) is 0 Å². The number of para-hydroxylation sites is 1. The van der Waals surface area contributed by atoms with Gasteiger partial charge in [-0.05, 0) is 101 Å². The average molecular weight is 631 g/mol. The molecule has 7 aromatic rings. The van der Waals surface area contributed by atoms with Gasteiger partial charge in [0.1, 0.15) is 17.2 Å². The van der Waals surface area contributed by atoms with E-state index in [2.05, 4.69) is 140 Å². The standard InChI is InChI=1S/C46H34N2O/c1-2-13-30(14-3-1)44-38-21-8-9-23-42(38)47-46(48-44)41-28-40-39-27-32(24-25-43(39)49-45(40)37-20-7-6-19-36(37)41)31-16-10-17-33(26-31)35-22-11-15-29-12-4-5-18-34(29)35/h1-6,8-10,12-14,16-19,21-27,41H,7,11,15,20,28H2. The van der Waals surface area contributed by atoms with E-state index in [1.807, 2.05) is 0 Å². The minimum atomic E-state index is 0.0391. The second kappa shape index (κ2) is 11.4. The van der Waals surface area contributed by atoms with Crippen LogP contribution in [0.15, 0.2) is 150 Å². The summed E-state index contributed by atoms with van der Waals surface area (Å²) in [4.78, 5) is 10.6. The van der Waals surface area contributed by atoms with Gasteiger partial charge >= 0.3 is 0 Å². The predicted molar refractivity (Wildman–Crippen MR) is 200 cm³/mol. The molecule has 2 aromatic heterocycles. The van der Waals surface area contributed by atoms with Gasteiger partial charge in [0, 0.05) is 27.8 Å². The summed E-state index contributed by atoms with van der Waals surface area (Å²) in [5.41, 5.74) is 15.7. The fourth-order valence-electron chi connectivity index (χ4n) is 8.26. The van der Waals surface area contributed by atoms with Crippen LogP contribution < -0.4 is 0 Å². The van der Waals surface area contributed by atoms with Gasteiger partial charge in [-0.15, -0.1) is 0 Å². The van der Waals surface area contributed by atoms with Crippen LogP contribution in [0.3, 0.4) is 0 Å². The highest BCUT2D eigenvalue weighted by Gasteiger charge is 2.34. The molecule has 3 aliphatic rings. The fourth-order valence-corrected chi connectivity index (χ4v) is 8.26. The molecular formula is C46H34N2O. The van der Waals surface area contributed by atoms with Crippen LogP contribution in [0, 0.1) is 0 Å². The molecular weight excluding hydrogens is 597 g/mol. The van der Waals surface area contributed by atoms with Crippen LogP contribution in [0.5, 0.6) is 0 Å². The van der Waals surface area contributed by atoms with Crippen molar-refractivity contribution in [1.29, 1.82) is 0 Å². The van der Waals surface area contributed by atoms with Crippen molar-refractivity contribution in [1.82, 2.24) is 9.97 Å². The van der Waals surface area contributed by atoms with Crippen LogP contribution in [-0.2, 0) is 12.8 Å². The van der Waals surface area contributed by atoms with Crippen molar-refractivity contribution in [2.24, 2.45) is 0 Å². The molecule has 3 nitrogen and oxygen atoms in total. The summed E-state index contributed by atoms with van der Waals surface area (Å²) in [5, 5.41) is 2.27. The number of furan rings is 1. The smallest absolute Gasteiger partial charge is 0.137 e. The summed E-state index contributed by atoms with van der Waals surface area (Å²) in [5.74, 6) is 1.96. The van der Waals surface area contributed by atoms with E-state index in [0.717, 1.165) is 71.4 Å². The van der Waals surface area contributed by atoms with Gasteiger partial charge in [-0.2, -0.15) is 0 Å². The van der Waals surface area contributed by atoms with E-state index in [1.54, 1.807) is 0 Å². The molecule has 0 saturated carbocycles. The maximum atomic E-state index is 6.71. The van der Waals surface area contributed by atoms with E-state index in [1.165, 1.54) is 55.5 Å². The summed E-state index contributed by atoms with van der Waals surface area (Å²) < 4.78 is 6.71. The zero-order valence-corrected chi connectivity index (χ0v) is 27.2. The zero-order valence-electron chi connectivity index (χ0n) is 27.2. The first-order chi connectivity index (χ1) is 24.3. The first-order valence-corrected chi connectivity index (χ1v) is 17.5. The second-order valence-electron chi connectivity index (χ2n) is 13.5. The minimum Gasteiger partial charge on any atom is -0.456 e. The molecule has 2 heterocycles. The summed E-state index contributed by atoms with van der Waals surface area (Å²) in [6.07, 6.45) is 11.9. The zero-order chi connectivity index (χ0) is 32.3. The van der Waals surface area contributed by atoms with Crippen molar-refractivity contribution in [2.75, 3.05) is 0 Å². The van der Waals surface area contributed by atoms with Gasteiger partial charge in [-0.1, -0.05) is 115 Å². The Balaban J connectivity index is 1.09. The molecule has 0 spiro atoms. The average Bonchev–Trinajstić information content (AvgIpc) is 3.55. The first kappa shape index (κ1) is 28.2. The van der Waals surface area contributed by atoms with Gasteiger partial charge in [0.25, 0.3) is 0 Å². The fraction of sp³-hybridized carbons (Fsp3) is 0.130. The van der Waals surface area contributed by atoms with Crippen LogP contribution in [0.1, 0.15) is 59.0 Å². The van der Waals surface area contributed by atoms with Gasteiger partial charge in [0.15, 0.2) is 0 Å². The lowest BCUT2D eigenvalue weighted by Crippen LogP contribution is -2.17. The van der Waals surface area contributed by atoms with E-state index < -0.39 is 0 Å². The van der Waals surface area contributed by atoms with Crippen molar-refractivity contribution >= 4 is 33.0 Å². The quantitative estimate of drug-likeness (QED) is 0.194. The minimum absolute atomic E-state index is 0.0391. The highest BCUT2D eigenvalue weighted by molar-refractivity contribution is 5.95. The molecule has 0 fully saturated rings. The van der Waals surface area contributed by atoms with E-state index in [-0.39, 0.29) is 5.92 Å². The second-order valence-corrected chi connectivity index (χ2v) is 13.5. The Bertz CT molecular complexity index is 2530. The van der Waals surface area contributed by atoms with Crippen molar-refractivity contribution in [3.05, 3.63) is 179 Å². The Labute approximate surface area is 286 Å². The van der Waals surface area contributed by atoms with Crippen LogP contribution in [0.25, 0.3) is 55.4 Å². The third-order valence-corrected chi connectivity index (χ3v) is 10.6. The molecule has 0 aliphatic heterocycles. The molecule has 234 valence electrons. The molecule has 0 saturated heterocycles. The largest absolute Gasteiger partial charge is 0.456 e. The number of aryl methyl sites for hydroxylation is 1. The Kier molecular flexibility index (Phi) is 6.58. The maximum Gasteiger partial charge on any atom is 0.137 e. The monoisotopic (exact) mass is 630 g/mol. The predicted octanol–water partition coefficient (Wildman–Crippen LogP) is 11.5. The third-order valence-electron chi connectivity index (χ3n) is 10.6. The molecule has 3 aliphatic carbocycles. The van der Waals surface area contributed by atoms with Crippen molar-refractivity contribution < 1.29 is 4.42 Å². The van der Waals surface area contributed by atoms with Crippen molar-refractivity contribution in [3.8, 4) is 22.4 Å². The summed E-state index contributed by atoms with van der Waals surface area (Å²) in [6.45, 7) is 0. The van der Waals surface area contributed by atoms with E-state index in [4.69, 9.17) is 14.4 Å². The topological polar surface area (TPSA) is 38.9 Å². The van der Waals surface area contributed by atoms with E-state index >= 15 is 0 Å². The molecule has 3 heteroatoms. The number of nitrogens with zero attached hydrogens (tertiary/aromatic N) is 2. The molecule has 10 rings (SSSR count). The van der Waals surface area contributed by atoms with Crippen LogP contribution >= 0.6 is 0 Å². The third kappa shape index (κ3) is 4.72. The van der Waals surface area contributed by atoms with Gasteiger partial charge in [-0.3, -0.25) is 0 Å². The van der Waals surface area contributed by atoms with Crippen LogP contribution in [-0.4, -0.2) is 9.97 Å². The Morgan fingerprint density at radius 3 is 2.41 bits per heavy atom. The number of fused-ring (bicyclic) bond motifs is 6. The summed E-state index contributed by atoms with van der Waals surface area (Å²) in [6, 6.07) is 43.5. The number of benzene rings is 5. The number of hydrogen-bond donors (Lipinski definition) is 0. The van der Waals surface area contributed by atoms with Crippen LogP contribution in [0.4, 0.5) is 0 Å². The Morgan fingerprint density at radius 2 is 1.45 bits per heavy atom. The normalized spacial score (nSPS) is 16.7. The van der Waals surface area contributed by atoms with Crippen molar-refractivity contribution in [2.45, 2.75) is 38.0 Å². The molecule has 0 radical (unpaired) electrons. The molecule has 0 amide bonds. The van der Waals surface area contributed by atoms with E-state index in [9.17, 15) is 0 Å². The Hall–Kier alpha value is -5.80.